The molecule has 2 N–H and O–H groups in total. The van der Waals surface area contributed by atoms with E-state index in [1.54, 1.807) is 17.8 Å². The number of nitrogens with one attached hydrogen (secondary N) is 1. The highest BCUT2D eigenvalue weighted by Crippen LogP contribution is 2.27. The summed E-state index contributed by atoms with van der Waals surface area (Å²) >= 11 is 0. The quantitative estimate of drug-likeness (QED) is 0.899. The molecule has 0 bridgehead atoms. The highest BCUT2D eigenvalue weighted by atomic mass is 16.3. The normalized spacial score (nSPS) is 16.9. The number of rotatable bonds is 4. The third kappa shape index (κ3) is 2.97. The summed E-state index contributed by atoms with van der Waals surface area (Å²) in [6.07, 6.45) is 7.92. The van der Waals surface area contributed by atoms with Crippen LogP contribution in [0.5, 0.6) is 0 Å². The maximum Gasteiger partial charge on any atom is 0.133 e. The largest absolute Gasteiger partial charge is 0.383 e. The monoisotopic (exact) mass is 301 g/mol. The molecule has 0 saturated carbocycles. The number of hydrogen-bond donors (Lipinski definition) is 2. The predicted molar refractivity (Wildman–Crippen MR) is 84.7 cm³/mol. The summed E-state index contributed by atoms with van der Waals surface area (Å²) in [4.78, 5) is 9.09. The minimum Gasteiger partial charge on any atom is -0.383 e. The van der Waals surface area contributed by atoms with E-state index in [4.69, 9.17) is 0 Å². The lowest BCUT2D eigenvalue weighted by atomic mass is 9.95. The van der Waals surface area contributed by atoms with Crippen molar-refractivity contribution in [1.82, 2.24) is 19.7 Å². The van der Waals surface area contributed by atoms with E-state index < -0.39 is 5.60 Å². The van der Waals surface area contributed by atoms with Crippen molar-refractivity contribution < 1.29 is 5.11 Å². The van der Waals surface area contributed by atoms with Crippen LogP contribution in [0.4, 0.5) is 5.82 Å². The van der Waals surface area contributed by atoms with Gasteiger partial charge in [0, 0.05) is 36.6 Å². The Hall–Kier alpha value is -1.95. The molecular weight excluding hydrogens is 278 g/mol. The number of aromatic nitrogens is 4. The predicted octanol–water partition coefficient (Wildman–Crippen LogP) is 1.72. The van der Waals surface area contributed by atoms with Crippen molar-refractivity contribution in [2.24, 2.45) is 7.05 Å². The molecule has 2 aromatic heterocycles. The second-order valence-corrected chi connectivity index (χ2v) is 6.28. The van der Waals surface area contributed by atoms with Gasteiger partial charge in [-0.15, -0.1) is 0 Å². The molecule has 6 heteroatoms. The Bertz CT molecular complexity index is 677. The Morgan fingerprint density at radius 1 is 1.32 bits per heavy atom. The molecule has 1 aliphatic rings. The van der Waals surface area contributed by atoms with Gasteiger partial charge in [0.15, 0.2) is 0 Å². The lowest BCUT2D eigenvalue weighted by molar-refractivity contribution is 0.0713. The lowest BCUT2D eigenvalue weighted by Crippen LogP contribution is -2.31. The summed E-state index contributed by atoms with van der Waals surface area (Å²) in [6.45, 7) is 4.10. The average Bonchev–Trinajstić information content (AvgIpc) is 2.92. The van der Waals surface area contributed by atoms with Gasteiger partial charge in [0.1, 0.15) is 17.2 Å². The molecule has 6 nitrogen and oxygen atoms in total. The van der Waals surface area contributed by atoms with Gasteiger partial charge in [-0.2, -0.15) is 5.10 Å². The van der Waals surface area contributed by atoms with Gasteiger partial charge >= 0.3 is 0 Å². The first-order chi connectivity index (χ1) is 10.5. The molecule has 0 spiro atoms. The van der Waals surface area contributed by atoms with Crippen molar-refractivity contribution in [2.75, 3.05) is 11.9 Å². The zero-order valence-corrected chi connectivity index (χ0v) is 13.4. The highest BCUT2D eigenvalue weighted by Gasteiger charge is 2.26. The number of aliphatic hydroxyl groups is 1. The number of anilines is 1. The van der Waals surface area contributed by atoms with Crippen molar-refractivity contribution in [1.29, 1.82) is 0 Å². The van der Waals surface area contributed by atoms with Gasteiger partial charge in [-0.3, -0.25) is 4.68 Å². The Morgan fingerprint density at radius 2 is 2.09 bits per heavy atom. The van der Waals surface area contributed by atoms with Crippen LogP contribution in [0, 0.1) is 6.92 Å². The third-order valence-electron chi connectivity index (χ3n) is 4.22. The Balaban J connectivity index is 1.80. The summed E-state index contributed by atoms with van der Waals surface area (Å²) < 4.78 is 1.69. The van der Waals surface area contributed by atoms with Gasteiger partial charge in [0.25, 0.3) is 0 Å². The zero-order valence-electron chi connectivity index (χ0n) is 13.4. The molecule has 1 aliphatic carbocycles. The maximum absolute atomic E-state index is 10.7. The molecule has 118 valence electrons. The summed E-state index contributed by atoms with van der Waals surface area (Å²) in [6, 6.07) is 0. The molecule has 0 radical (unpaired) electrons. The Kier molecular flexibility index (Phi) is 3.87. The minimum absolute atomic E-state index is 0.390. The molecule has 2 aromatic rings. The molecule has 22 heavy (non-hydrogen) atoms. The van der Waals surface area contributed by atoms with Crippen LogP contribution in [0.1, 0.15) is 42.4 Å². The standard InChI is InChI=1S/C16H23N5O/c1-11-19-14-7-5-4-6-13(14)15(20-11)17-10-16(2,22)12-8-18-21(3)9-12/h8-9,22H,4-7,10H2,1-3H3,(H,17,19,20). The maximum atomic E-state index is 10.7. The van der Waals surface area contributed by atoms with Crippen LogP contribution in [-0.2, 0) is 25.5 Å². The van der Waals surface area contributed by atoms with E-state index in [0.29, 0.717) is 6.54 Å². The third-order valence-corrected chi connectivity index (χ3v) is 4.22. The van der Waals surface area contributed by atoms with E-state index >= 15 is 0 Å². The van der Waals surface area contributed by atoms with Crippen molar-refractivity contribution >= 4 is 5.82 Å². The van der Waals surface area contributed by atoms with Crippen LogP contribution in [-0.4, -0.2) is 31.4 Å². The molecule has 1 atom stereocenters. The fourth-order valence-corrected chi connectivity index (χ4v) is 2.92. The van der Waals surface area contributed by atoms with Crippen LogP contribution in [0.15, 0.2) is 12.4 Å². The van der Waals surface area contributed by atoms with Crippen molar-refractivity contribution in [3.05, 3.63) is 35.0 Å². The van der Waals surface area contributed by atoms with Gasteiger partial charge in [0.2, 0.25) is 0 Å². The van der Waals surface area contributed by atoms with Gasteiger partial charge < -0.3 is 10.4 Å². The zero-order chi connectivity index (χ0) is 15.7. The smallest absolute Gasteiger partial charge is 0.133 e. The summed E-state index contributed by atoms with van der Waals surface area (Å²) in [7, 11) is 1.84. The fraction of sp³-hybridized carbons (Fsp3) is 0.562. The van der Waals surface area contributed by atoms with Crippen molar-refractivity contribution in [3.63, 3.8) is 0 Å². The molecule has 1 unspecified atom stereocenters. The number of aryl methyl sites for hydroxylation is 3. The first kappa shape index (κ1) is 15.0. The van der Waals surface area contributed by atoms with Crippen LogP contribution in [0.3, 0.4) is 0 Å². The van der Waals surface area contributed by atoms with E-state index in [1.807, 2.05) is 20.2 Å². The SMILES string of the molecule is Cc1nc2c(c(NCC(C)(O)c3cnn(C)c3)n1)CCCC2. The van der Waals surface area contributed by atoms with E-state index in [2.05, 4.69) is 20.4 Å². The molecule has 0 amide bonds. The molecule has 3 rings (SSSR count). The van der Waals surface area contributed by atoms with Gasteiger partial charge in [-0.25, -0.2) is 9.97 Å². The molecule has 0 aromatic carbocycles. The molecule has 0 aliphatic heterocycles. The molecular formula is C16H23N5O. The van der Waals surface area contributed by atoms with Crippen LogP contribution < -0.4 is 5.32 Å². The first-order valence-electron chi connectivity index (χ1n) is 7.77. The van der Waals surface area contributed by atoms with E-state index in [0.717, 1.165) is 35.7 Å². The van der Waals surface area contributed by atoms with Gasteiger partial charge in [-0.05, 0) is 39.5 Å². The second-order valence-electron chi connectivity index (χ2n) is 6.28. The number of nitrogens with zero attached hydrogens (tertiary/aromatic N) is 4. The van der Waals surface area contributed by atoms with E-state index in [9.17, 15) is 5.11 Å². The van der Waals surface area contributed by atoms with Gasteiger partial charge in [0.05, 0.1) is 6.20 Å². The summed E-state index contributed by atoms with van der Waals surface area (Å²) in [5.74, 6) is 1.65. The summed E-state index contributed by atoms with van der Waals surface area (Å²) in [5, 5.41) is 18.1. The summed E-state index contributed by atoms with van der Waals surface area (Å²) in [5.41, 5.74) is 2.16. The first-order valence-corrected chi connectivity index (χ1v) is 7.77. The van der Waals surface area contributed by atoms with Crippen molar-refractivity contribution in [2.45, 2.75) is 45.1 Å². The molecule has 0 fully saturated rings. The second kappa shape index (κ2) is 5.68. The lowest BCUT2D eigenvalue weighted by Gasteiger charge is -2.25. The topological polar surface area (TPSA) is 75.9 Å². The van der Waals surface area contributed by atoms with Crippen LogP contribution in [0.2, 0.25) is 0 Å². The molecule has 0 saturated heterocycles. The fourth-order valence-electron chi connectivity index (χ4n) is 2.92. The number of hydrogen-bond acceptors (Lipinski definition) is 5. The van der Waals surface area contributed by atoms with E-state index in [-0.39, 0.29) is 0 Å². The van der Waals surface area contributed by atoms with Gasteiger partial charge in [-0.1, -0.05) is 0 Å². The highest BCUT2D eigenvalue weighted by molar-refractivity contribution is 5.48. The Morgan fingerprint density at radius 3 is 2.82 bits per heavy atom. The molecule has 2 heterocycles. The van der Waals surface area contributed by atoms with Crippen LogP contribution in [0.25, 0.3) is 0 Å². The minimum atomic E-state index is -0.991. The average molecular weight is 301 g/mol. The van der Waals surface area contributed by atoms with E-state index in [1.165, 1.54) is 18.4 Å². The Labute approximate surface area is 130 Å². The van der Waals surface area contributed by atoms with Crippen molar-refractivity contribution in [3.8, 4) is 0 Å². The number of fused-ring (bicyclic) bond motifs is 1. The van der Waals surface area contributed by atoms with Crippen LogP contribution >= 0.6 is 0 Å².